The number of carboxylic acids is 1. The normalized spacial score (nSPS) is 18.3. The van der Waals surface area contributed by atoms with Gasteiger partial charge in [-0.15, -0.1) is 0 Å². The fourth-order valence-electron chi connectivity index (χ4n) is 5.31. The lowest BCUT2D eigenvalue weighted by Crippen LogP contribution is -2.51. The van der Waals surface area contributed by atoms with Gasteiger partial charge in [0.1, 0.15) is 21.2 Å². The minimum atomic E-state index is -0.762. The third kappa shape index (κ3) is 3.83. The van der Waals surface area contributed by atoms with E-state index in [9.17, 15) is 4.79 Å². The highest BCUT2D eigenvalue weighted by Crippen LogP contribution is 2.53. The number of nitrogens with zero attached hydrogens (tertiary/aromatic N) is 3. The predicted octanol–water partition coefficient (Wildman–Crippen LogP) is 6.04. The van der Waals surface area contributed by atoms with Crippen LogP contribution in [0.2, 0.25) is 0 Å². The highest BCUT2D eigenvalue weighted by molar-refractivity contribution is 7.21. The number of aromatic nitrogens is 2. The van der Waals surface area contributed by atoms with Gasteiger partial charge >= 0.3 is 5.97 Å². The summed E-state index contributed by atoms with van der Waals surface area (Å²) in [5, 5.41) is 9.79. The van der Waals surface area contributed by atoms with E-state index in [1.807, 2.05) is 25.1 Å². The summed E-state index contributed by atoms with van der Waals surface area (Å²) in [6.07, 6.45) is 2.96. The minimum absolute atomic E-state index is 0.0152. The van der Waals surface area contributed by atoms with E-state index in [1.165, 1.54) is 16.9 Å². The second-order valence-corrected chi connectivity index (χ2v) is 10.6. The molecule has 178 valence electrons. The molecule has 0 spiro atoms. The number of rotatable bonds is 7. The molecule has 2 aromatic carbocycles. The number of aliphatic carboxylic acids is 1. The van der Waals surface area contributed by atoms with E-state index >= 15 is 4.39 Å². The summed E-state index contributed by atoms with van der Waals surface area (Å²) in [6, 6.07) is 19.9. The van der Waals surface area contributed by atoms with Gasteiger partial charge < -0.3 is 5.11 Å². The van der Waals surface area contributed by atoms with Gasteiger partial charge in [-0.2, -0.15) is 0 Å². The van der Waals surface area contributed by atoms with Crippen LogP contribution in [-0.2, 0) is 10.2 Å². The number of carbonyl (C=O) groups is 1. The van der Waals surface area contributed by atoms with Gasteiger partial charge in [0.25, 0.3) is 0 Å². The lowest BCUT2D eigenvalue weighted by atomic mass is 9.92. The Balaban J connectivity index is 1.27. The summed E-state index contributed by atoms with van der Waals surface area (Å²) < 4.78 is 15.3. The lowest BCUT2D eigenvalue weighted by Gasteiger charge is -2.42. The van der Waals surface area contributed by atoms with Crippen LogP contribution in [0.5, 0.6) is 0 Å². The summed E-state index contributed by atoms with van der Waals surface area (Å²) in [6.45, 7) is 3.06. The van der Waals surface area contributed by atoms with Crippen molar-refractivity contribution in [2.24, 2.45) is 5.92 Å². The first-order valence-corrected chi connectivity index (χ1v) is 12.9. The predicted molar refractivity (Wildman–Crippen MR) is 135 cm³/mol. The summed E-state index contributed by atoms with van der Waals surface area (Å²) in [4.78, 5) is 23.7. The first-order valence-electron chi connectivity index (χ1n) is 12.1. The second-order valence-electron chi connectivity index (χ2n) is 9.64. The zero-order valence-electron chi connectivity index (χ0n) is 19.4. The van der Waals surface area contributed by atoms with Crippen molar-refractivity contribution in [3.05, 3.63) is 83.3 Å². The van der Waals surface area contributed by atoms with Crippen molar-refractivity contribution in [2.75, 3.05) is 13.1 Å². The van der Waals surface area contributed by atoms with E-state index in [1.54, 1.807) is 12.1 Å². The molecule has 1 aliphatic carbocycles. The van der Waals surface area contributed by atoms with E-state index in [0.29, 0.717) is 23.7 Å². The van der Waals surface area contributed by atoms with Crippen LogP contribution in [0.15, 0.2) is 60.7 Å². The molecular weight excluding hydrogens is 461 g/mol. The molecule has 2 aromatic heterocycles. The lowest BCUT2D eigenvalue weighted by molar-refractivity contribution is -0.148. The summed E-state index contributed by atoms with van der Waals surface area (Å²) in [5.74, 6) is -1.40. The number of halogens is 1. The maximum absolute atomic E-state index is 15.3. The molecule has 3 heterocycles. The monoisotopic (exact) mass is 487 g/mol. The van der Waals surface area contributed by atoms with E-state index < -0.39 is 5.97 Å². The van der Waals surface area contributed by atoms with Gasteiger partial charge in [-0.25, -0.2) is 14.4 Å². The molecule has 6 rings (SSSR count). The van der Waals surface area contributed by atoms with Gasteiger partial charge in [-0.1, -0.05) is 54.7 Å². The molecule has 5 nitrogen and oxygen atoms in total. The summed E-state index contributed by atoms with van der Waals surface area (Å²) in [7, 11) is 0. The fourth-order valence-corrected chi connectivity index (χ4v) is 6.28. The number of pyridine rings is 1. The van der Waals surface area contributed by atoms with Crippen LogP contribution in [0.4, 0.5) is 4.39 Å². The van der Waals surface area contributed by atoms with Crippen LogP contribution in [0.25, 0.3) is 20.9 Å². The minimum Gasteiger partial charge on any atom is -0.481 e. The van der Waals surface area contributed by atoms with Crippen LogP contribution < -0.4 is 0 Å². The van der Waals surface area contributed by atoms with Gasteiger partial charge in [-0.3, -0.25) is 9.69 Å². The molecule has 1 atom stereocenters. The Bertz CT molecular complexity index is 1410. The molecule has 0 bridgehead atoms. The van der Waals surface area contributed by atoms with Crippen molar-refractivity contribution in [1.82, 2.24) is 14.9 Å². The third-order valence-corrected chi connectivity index (χ3v) is 8.52. The number of fused-ring (bicyclic) bond motifs is 1. The van der Waals surface area contributed by atoms with Crippen LogP contribution in [0.1, 0.15) is 49.0 Å². The summed E-state index contributed by atoms with van der Waals surface area (Å²) >= 11 is 1.43. The van der Waals surface area contributed by atoms with Crippen molar-refractivity contribution in [3.8, 4) is 10.6 Å². The molecule has 1 N–H and O–H groups in total. The molecule has 1 aliphatic heterocycles. The van der Waals surface area contributed by atoms with E-state index in [4.69, 9.17) is 10.1 Å². The Kier molecular flexibility index (Phi) is 5.42. The summed E-state index contributed by atoms with van der Waals surface area (Å²) in [5.41, 5.74) is 4.47. The van der Waals surface area contributed by atoms with Gasteiger partial charge in [0.2, 0.25) is 0 Å². The number of benzene rings is 2. The average molecular weight is 488 g/mol. The standard InChI is InChI=1S/C28H26FN3O2S/c1-2-23(32-15-18(16-32)27(33)34)17-8-9-20(21(29)14-17)25-30-22-10-11-24(31-26(22)35-25)28(12-13-28)19-6-4-3-5-7-19/h3-11,14,18,23H,2,12-13,15-16H2,1H3,(H,33,34). The SMILES string of the molecule is CCC(c1ccc(-c2nc3ccc(C4(c5ccccc5)CC4)nc3s2)c(F)c1)N1CC(C(=O)O)C1. The average Bonchev–Trinajstić information content (AvgIpc) is 3.54. The van der Waals surface area contributed by atoms with Crippen molar-refractivity contribution < 1.29 is 14.3 Å². The molecular formula is C28H26FN3O2S. The number of hydrogen-bond donors (Lipinski definition) is 1. The van der Waals surface area contributed by atoms with Crippen molar-refractivity contribution >= 4 is 27.7 Å². The van der Waals surface area contributed by atoms with E-state index in [2.05, 4.69) is 40.2 Å². The highest BCUT2D eigenvalue weighted by atomic mass is 32.1. The van der Waals surface area contributed by atoms with Gasteiger partial charge in [0, 0.05) is 30.1 Å². The van der Waals surface area contributed by atoms with Crippen molar-refractivity contribution in [3.63, 3.8) is 0 Å². The third-order valence-electron chi connectivity index (χ3n) is 7.52. The van der Waals surface area contributed by atoms with Gasteiger partial charge in [-0.05, 0) is 54.7 Å². The highest BCUT2D eigenvalue weighted by Gasteiger charge is 2.47. The molecule has 35 heavy (non-hydrogen) atoms. The number of likely N-dealkylation sites (tertiary alicyclic amines) is 1. The van der Waals surface area contributed by atoms with Crippen LogP contribution in [0.3, 0.4) is 0 Å². The van der Waals surface area contributed by atoms with Crippen LogP contribution >= 0.6 is 11.3 Å². The van der Waals surface area contributed by atoms with Gasteiger partial charge in [0.05, 0.1) is 11.6 Å². The molecule has 2 fully saturated rings. The quantitative estimate of drug-likeness (QED) is 0.344. The Morgan fingerprint density at radius 3 is 2.57 bits per heavy atom. The Hall–Kier alpha value is -3.16. The molecule has 1 unspecified atom stereocenters. The maximum atomic E-state index is 15.3. The fraction of sp³-hybridized carbons (Fsp3) is 0.321. The molecule has 0 amide bonds. The second kappa shape index (κ2) is 8.50. The molecule has 1 saturated carbocycles. The van der Waals surface area contributed by atoms with Crippen molar-refractivity contribution in [2.45, 2.75) is 37.6 Å². The van der Waals surface area contributed by atoms with Crippen LogP contribution in [0, 0.1) is 11.7 Å². The molecule has 0 radical (unpaired) electrons. The molecule has 1 saturated heterocycles. The Morgan fingerprint density at radius 1 is 1.14 bits per heavy atom. The smallest absolute Gasteiger partial charge is 0.309 e. The first-order chi connectivity index (χ1) is 17.0. The maximum Gasteiger partial charge on any atom is 0.309 e. The van der Waals surface area contributed by atoms with E-state index in [0.717, 1.165) is 40.9 Å². The topological polar surface area (TPSA) is 66.3 Å². The zero-order valence-corrected chi connectivity index (χ0v) is 20.3. The molecule has 7 heteroatoms. The number of carboxylic acid groups (broad SMARTS) is 1. The number of thiazole rings is 1. The van der Waals surface area contributed by atoms with Gasteiger partial charge in [0.15, 0.2) is 0 Å². The Labute approximate surface area is 207 Å². The Morgan fingerprint density at radius 2 is 1.91 bits per heavy atom. The first kappa shape index (κ1) is 22.3. The van der Waals surface area contributed by atoms with Crippen molar-refractivity contribution in [1.29, 1.82) is 0 Å². The largest absolute Gasteiger partial charge is 0.481 e. The molecule has 4 aromatic rings. The molecule has 2 aliphatic rings. The van der Waals surface area contributed by atoms with Crippen LogP contribution in [-0.4, -0.2) is 39.0 Å². The van der Waals surface area contributed by atoms with E-state index in [-0.39, 0.29) is 23.2 Å². The zero-order chi connectivity index (χ0) is 24.2. The number of hydrogen-bond acceptors (Lipinski definition) is 5.